The number of hydrogen-bond donors (Lipinski definition) is 1. The number of para-hydroxylation sites is 1. The monoisotopic (exact) mass is 537 g/mol. The van der Waals surface area contributed by atoms with Crippen LogP contribution in [0.2, 0.25) is 0 Å². The quantitative estimate of drug-likeness (QED) is 0.436. The minimum Gasteiger partial charge on any atom is -0.461 e. The van der Waals surface area contributed by atoms with Gasteiger partial charge in [0.1, 0.15) is 24.8 Å². The third-order valence-electron chi connectivity index (χ3n) is 8.01. The maximum atomic E-state index is 14.4. The molecule has 1 N–H and O–H groups in total. The molecule has 4 aliphatic heterocycles. The number of fused-ring (bicyclic) bond motifs is 3. The van der Waals surface area contributed by atoms with Gasteiger partial charge in [0, 0.05) is 11.8 Å². The van der Waals surface area contributed by atoms with Crippen molar-refractivity contribution in [1.82, 2.24) is 24.8 Å². The van der Waals surface area contributed by atoms with Gasteiger partial charge in [-0.3, -0.25) is 14.4 Å². The molecule has 1 unspecified atom stereocenters. The summed E-state index contributed by atoms with van der Waals surface area (Å²) in [5.41, 5.74) is 1.53. The molecule has 11 heteroatoms. The molecule has 2 fully saturated rings. The van der Waals surface area contributed by atoms with E-state index in [9.17, 15) is 19.5 Å². The molecule has 38 heavy (non-hydrogen) atoms. The average molecular weight is 538 g/mol. The van der Waals surface area contributed by atoms with E-state index in [1.165, 1.54) is 11.8 Å². The Morgan fingerprint density at radius 2 is 2.00 bits per heavy atom. The lowest BCUT2D eigenvalue weighted by atomic mass is 9.78. The van der Waals surface area contributed by atoms with Crippen LogP contribution in [0, 0.1) is 17.8 Å². The van der Waals surface area contributed by atoms with Gasteiger partial charge in [-0.1, -0.05) is 55.5 Å². The fraction of sp³-hybridized carbons (Fsp3) is 0.519. The first kappa shape index (κ1) is 25.1. The van der Waals surface area contributed by atoms with Crippen LogP contribution in [0.5, 0.6) is 0 Å². The number of aliphatic hydroxyl groups is 1. The van der Waals surface area contributed by atoms with E-state index < -0.39 is 34.6 Å². The highest BCUT2D eigenvalue weighted by molar-refractivity contribution is 8.02. The van der Waals surface area contributed by atoms with Gasteiger partial charge in [-0.15, -0.1) is 16.9 Å². The molecule has 2 aromatic rings. The van der Waals surface area contributed by atoms with E-state index in [1.54, 1.807) is 14.5 Å². The first-order valence-electron chi connectivity index (χ1n) is 13.0. The van der Waals surface area contributed by atoms with Gasteiger partial charge in [0.2, 0.25) is 11.8 Å². The molecule has 0 aliphatic carbocycles. The number of benzene rings is 1. The second kappa shape index (κ2) is 9.53. The Hall–Kier alpha value is -3.18. The molecular formula is C27H31N5O5S. The van der Waals surface area contributed by atoms with Crippen LogP contribution in [-0.4, -0.2) is 89.5 Å². The maximum absolute atomic E-state index is 14.4. The summed E-state index contributed by atoms with van der Waals surface area (Å²) in [7, 11) is 0. The Balaban J connectivity index is 1.43. The fourth-order valence-electron chi connectivity index (χ4n) is 6.48. The molecule has 0 radical (unpaired) electrons. The number of cyclic esters (lactones) is 1. The molecule has 0 saturated carbocycles. The smallest absolute Gasteiger partial charge is 0.311 e. The van der Waals surface area contributed by atoms with Crippen LogP contribution in [0.15, 0.2) is 48.6 Å². The number of amides is 2. The topological polar surface area (TPSA) is 118 Å². The van der Waals surface area contributed by atoms with Gasteiger partial charge < -0.3 is 19.6 Å². The third-order valence-corrected chi connectivity index (χ3v) is 9.75. The highest BCUT2D eigenvalue weighted by atomic mass is 32.2. The molecule has 5 heterocycles. The molecule has 1 aromatic carbocycles. The molecule has 4 aliphatic rings. The van der Waals surface area contributed by atoms with Crippen molar-refractivity contribution in [2.75, 3.05) is 19.8 Å². The number of aliphatic hydroxyl groups excluding tert-OH is 1. The Kier molecular flexibility index (Phi) is 6.30. The van der Waals surface area contributed by atoms with Crippen molar-refractivity contribution in [3.63, 3.8) is 0 Å². The zero-order valence-electron chi connectivity index (χ0n) is 21.3. The van der Waals surface area contributed by atoms with Crippen molar-refractivity contribution in [2.24, 2.45) is 17.8 Å². The van der Waals surface area contributed by atoms with E-state index in [1.807, 2.05) is 62.4 Å². The van der Waals surface area contributed by atoms with Crippen molar-refractivity contribution < 1.29 is 24.2 Å². The first-order valence-corrected chi connectivity index (χ1v) is 13.9. The molecule has 1 aromatic heterocycles. The minimum absolute atomic E-state index is 0.163. The third kappa shape index (κ3) is 3.78. The van der Waals surface area contributed by atoms with Gasteiger partial charge in [-0.2, -0.15) is 0 Å². The van der Waals surface area contributed by atoms with Crippen molar-refractivity contribution in [3.05, 3.63) is 48.6 Å². The van der Waals surface area contributed by atoms with Crippen LogP contribution in [0.3, 0.4) is 0 Å². The molecule has 200 valence electrons. The lowest BCUT2D eigenvalue weighted by Crippen LogP contribution is -2.56. The standard InChI is InChI=1S/C27H31N5O5S/c1-16(2)13-17(14-33)32-23-25(35)30(15-31-19-8-4-3-7-18(19)28-29-31)11-6-10-27(23)22(24(32)34)21-20(38-27)9-5-12-37-26(21)36/h3-10,16-17,20-23,33H,11-15H2,1-2H3/t17-,20-,21+,22+,23?,27+/m1/s1. The number of thioether (sulfide) groups is 1. The van der Waals surface area contributed by atoms with Gasteiger partial charge in [0.05, 0.1) is 34.7 Å². The van der Waals surface area contributed by atoms with E-state index >= 15 is 0 Å². The number of ether oxygens (including phenoxy) is 1. The van der Waals surface area contributed by atoms with E-state index in [2.05, 4.69) is 10.3 Å². The maximum Gasteiger partial charge on any atom is 0.311 e. The van der Waals surface area contributed by atoms with E-state index in [0.717, 1.165) is 11.0 Å². The minimum atomic E-state index is -0.951. The van der Waals surface area contributed by atoms with Gasteiger partial charge >= 0.3 is 5.97 Å². The SMILES string of the molecule is CC(C)C[C@H](CO)N1C(=O)[C@@H]2[C@H]3C(=O)OCC=C[C@H]3S[C@@]23C=CCN(Cn2nnc4ccccc42)C(=O)C13. The first-order chi connectivity index (χ1) is 18.4. The summed E-state index contributed by atoms with van der Waals surface area (Å²) in [6, 6.07) is 6.13. The summed E-state index contributed by atoms with van der Waals surface area (Å²) < 4.78 is 6.16. The second-order valence-electron chi connectivity index (χ2n) is 10.8. The molecule has 2 amide bonds. The zero-order valence-corrected chi connectivity index (χ0v) is 22.2. The molecule has 0 bridgehead atoms. The van der Waals surface area contributed by atoms with E-state index in [4.69, 9.17) is 4.74 Å². The van der Waals surface area contributed by atoms with Gasteiger partial charge in [0.15, 0.2) is 0 Å². The molecule has 6 atom stereocenters. The molecule has 2 saturated heterocycles. The van der Waals surface area contributed by atoms with Crippen LogP contribution in [0.4, 0.5) is 0 Å². The number of likely N-dealkylation sites (tertiary alicyclic amines) is 1. The Labute approximate surface area is 224 Å². The summed E-state index contributed by atoms with van der Waals surface area (Å²) in [6.45, 7) is 4.44. The molecule has 6 rings (SSSR count). The number of carbonyl (C=O) groups is 3. The Bertz CT molecular complexity index is 1340. The van der Waals surface area contributed by atoms with Crippen molar-refractivity contribution >= 4 is 40.6 Å². The summed E-state index contributed by atoms with van der Waals surface area (Å²) in [5.74, 6) is -2.17. The highest BCUT2D eigenvalue weighted by Crippen LogP contribution is 2.61. The van der Waals surface area contributed by atoms with Crippen LogP contribution >= 0.6 is 11.8 Å². The van der Waals surface area contributed by atoms with Crippen LogP contribution in [-0.2, 0) is 25.8 Å². The Morgan fingerprint density at radius 1 is 1.18 bits per heavy atom. The summed E-state index contributed by atoms with van der Waals surface area (Å²) in [5, 5.41) is 18.6. The number of carbonyl (C=O) groups excluding carboxylic acids is 3. The molecule has 10 nitrogen and oxygen atoms in total. The number of hydrogen-bond acceptors (Lipinski definition) is 8. The fourth-order valence-corrected chi connectivity index (χ4v) is 8.47. The summed E-state index contributed by atoms with van der Waals surface area (Å²) in [6.07, 6.45) is 8.16. The van der Waals surface area contributed by atoms with Gasteiger partial charge in [-0.05, 0) is 24.5 Å². The normalized spacial score (nSPS) is 31.3. The average Bonchev–Trinajstić information content (AvgIpc) is 3.44. The van der Waals surface area contributed by atoms with Crippen LogP contribution < -0.4 is 0 Å². The van der Waals surface area contributed by atoms with Gasteiger partial charge in [-0.25, -0.2) is 4.68 Å². The number of nitrogens with zero attached hydrogens (tertiary/aromatic N) is 5. The highest BCUT2D eigenvalue weighted by Gasteiger charge is 2.71. The number of aromatic nitrogens is 3. The molecular weight excluding hydrogens is 506 g/mol. The zero-order chi connectivity index (χ0) is 26.6. The lowest BCUT2D eigenvalue weighted by molar-refractivity contribution is -0.152. The van der Waals surface area contributed by atoms with Crippen molar-refractivity contribution in [1.29, 1.82) is 0 Å². The predicted molar refractivity (Wildman–Crippen MR) is 141 cm³/mol. The predicted octanol–water partition coefficient (Wildman–Crippen LogP) is 1.60. The van der Waals surface area contributed by atoms with Crippen LogP contribution in [0.1, 0.15) is 20.3 Å². The van der Waals surface area contributed by atoms with Crippen molar-refractivity contribution in [3.8, 4) is 0 Å². The van der Waals surface area contributed by atoms with Crippen LogP contribution in [0.25, 0.3) is 11.0 Å². The van der Waals surface area contributed by atoms with E-state index in [-0.39, 0.29) is 42.9 Å². The molecule has 1 spiro atoms. The number of rotatable bonds is 6. The lowest BCUT2D eigenvalue weighted by Gasteiger charge is -2.39. The summed E-state index contributed by atoms with van der Waals surface area (Å²) >= 11 is 1.50. The largest absolute Gasteiger partial charge is 0.461 e. The van der Waals surface area contributed by atoms with Crippen molar-refractivity contribution in [2.45, 2.75) is 49.0 Å². The second-order valence-corrected chi connectivity index (χ2v) is 12.3. The number of esters is 1. The van der Waals surface area contributed by atoms with Gasteiger partial charge in [0.25, 0.3) is 0 Å². The summed E-state index contributed by atoms with van der Waals surface area (Å²) in [4.78, 5) is 45.1. The van der Waals surface area contributed by atoms with E-state index in [0.29, 0.717) is 13.0 Å². The Morgan fingerprint density at radius 3 is 2.79 bits per heavy atom.